The first kappa shape index (κ1) is 21.8. The monoisotopic (exact) mass is 452 g/mol. The van der Waals surface area contributed by atoms with Crippen LogP contribution in [0.25, 0.3) is 28.2 Å². The lowest BCUT2D eigenvalue weighted by Gasteiger charge is -2.09. The summed E-state index contributed by atoms with van der Waals surface area (Å²) in [7, 11) is 0. The quantitative estimate of drug-likeness (QED) is 0.227. The molecule has 9 heteroatoms. The Morgan fingerprint density at radius 1 is 1.03 bits per heavy atom. The number of rotatable bonds is 7. The van der Waals surface area contributed by atoms with Gasteiger partial charge in [-0.2, -0.15) is 0 Å². The molecule has 0 atom stereocenters. The van der Waals surface area contributed by atoms with Crippen LogP contribution >= 0.6 is 0 Å². The number of halogens is 3. The minimum Gasteiger partial charge on any atom is -0.437 e. The van der Waals surface area contributed by atoms with Crippen LogP contribution in [0.15, 0.2) is 73.3 Å². The average molecular weight is 452 g/mol. The van der Waals surface area contributed by atoms with Gasteiger partial charge in [-0.15, -0.1) is 13.2 Å². The number of nitrogens with one attached hydrogen (secondary N) is 1. The smallest absolute Gasteiger partial charge is 0.437 e. The summed E-state index contributed by atoms with van der Waals surface area (Å²) in [5.41, 5.74) is 3.07. The lowest BCUT2D eigenvalue weighted by atomic mass is 10.00. The van der Waals surface area contributed by atoms with Crippen LogP contribution < -0.4 is 4.74 Å². The van der Waals surface area contributed by atoms with E-state index in [0.29, 0.717) is 17.5 Å². The van der Waals surface area contributed by atoms with Crippen LogP contribution in [0.3, 0.4) is 0 Å². The minimum absolute atomic E-state index is 0.0466. The normalized spacial score (nSPS) is 11.6. The molecule has 0 aliphatic rings. The molecule has 2 heterocycles. The van der Waals surface area contributed by atoms with Gasteiger partial charge in [-0.1, -0.05) is 30.3 Å². The number of fused-ring (bicyclic) bond motifs is 1. The lowest BCUT2D eigenvalue weighted by molar-refractivity contribution is -0.274. The van der Waals surface area contributed by atoms with Crippen molar-refractivity contribution in [1.29, 1.82) is 0 Å². The van der Waals surface area contributed by atoms with E-state index in [-0.39, 0.29) is 11.1 Å². The van der Waals surface area contributed by atoms with Gasteiger partial charge < -0.3 is 14.5 Å². The van der Waals surface area contributed by atoms with Gasteiger partial charge in [0.1, 0.15) is 11.4 Å². The molecule has 0 unspecified atom stereocenters. The number of carbonyl (C=O) groups excluding carboxylic acids is 2. The van der Waals surface area contributed by atoms with E-state index in [1.807, 2.05) is 24.3 Å². The summed E-state index contributed by atoms with van der Waals surface area (Å²) in [6.45, 7) is 0.313. The van der Waals surface area contributed by atoms with E-state index >= 15 is 0 Å². The maximum Gasteiger partial charge on any atom is 0.573 e. The third-order valence-corrected chi connectivity index (χ3v) is 4.72. The summed E-state index contributed by atoms with van der Waals surface area (Å²) < 4.78 is 46.1. The summed E-state index contributed by atoms with van der Waals surface area (Å²) in [6, 6.07) is 14.0. The predicted octanol–water partition coefficient (Wildman–Crippen LogP) is 5.50. The van der Waals surface area contributed by atoms with Crippen LogP contribution in [0.4, 0.5) is 13.2 Å². The highest BCUT2D eigenvalue weighted by Crippen LogP contribution is 2.29. The molecule has 0 amide bonds. The number of ketones is 1. The molecule has 0 aliphatic carbocycles. The Hall–Kier alpha value is -4.40. The highest BCUT2D eigenvalue weighted by atomic mass is 19.4. The fourth-order valence-corrected chi connectivity index (χ4v) is 3.31. The van der Waals surface area contributed by atoms with Crippen molar-refractivity contribution in [2.45, 2.75) is 6.36 Å². The molecule has 2 aromatic carbocycles. The van der Waals surface area contributed by atoms with Crippen LogP contribution in [0.2, 0.25) is 0 Å². The Bertz CT molecular complexity index is 1360. The molecule has 0 saturated heterocycles. The molecule has 2 aromatic heterocycles. The Balaban J connectivity index is 1.68. The van der Waals surface area contributed by atoms with E-state index in [1.165, 1.54) is 24.6 Å². The molecular weight excluding hydrogens is 437 g/mol. The first-order valence-corrected chi connectivity index (χ1v) is 9.58. The van der Waals surface area contributed by atoms with Crippen molar-refractivity contribution in [3.63, 3.8) is 0 Å². The summed E-state index contributed by atoms with van der Waals surface area (Å²) in [6.07, 6.45) is 1.12. The zero-order valence-electron chi connectivity index (χ0n) is 16.8. The number of ether oxygens (including phenoxy) is 2. The van der Waals surface area contributed by atoms with E-state index in [2.05, 4.69) is 19.4 Å². The number of nitrogens with zero attached hydrogens (tertiary/aromatic N) is 1. The lowest BCUT2D eigenvalue weighted by Crippen LogP contribution is -2.17. The van der Waals surface area contributed by atoms with E-state index in [9.17, 15) is 22.8 Å². The second kappa shape index (κ2) is 8.99. The van der Waals surface area contributed by atoms with Crippen LogP contribution in [0.1, 0.15) is 21.5 Å². The average Bonchev–Trinajstić information content (AvgIpc) is 3.21. The predicted molar refractivity (Wildman–Crippen MR) is 114 cm³/mol. The van der Waals surface area contributed by atoms with Crippen molar-refractivity contribution in [2.75, 3.05) is 0 Å². The number of pyridine rings is 1. The molecule has 0 spiro atoms. The van der Waals surface area contributed by atoms with Gasteiger partial charge in [0.15, 0.2) is 5.78 Å². The van der Waals surface area contributed by atoms with Crippen molar-refractivity contribution in [2.24, 2.45) is 0 Å². The third kappa shape index (κ3) is 5.09. The molecule has 6 nitrogen and oxygen atoms in total. The summed E-state index contributed by atoms with van der Waals surface area (Å²) in [4.78, 5) is 30.6. The number of hydrogen-bond donors (Lipinski definition) is 1. The van der Waals surface area contributed by atoms with Crippen molar-refractivity contribution in [3.8, 4) is 16.9 Å². The molecule has 0 bridgehead atoms. The Morgan fingerprint density at radius 2 is 1.85 bits per heavy atom. The second-order valence-corrected chi connectivity index (χ2v) is 6.89. The topological polar surface area (TPSA) is 81.3 Å². The molecule has 1 N–H and O–H groups in total. The maximum atomic E-state index is 13.1. The highest BCUT2D eigenvalue weighted by molar-refractivity contribution is 6.16. The number of hydrogen-bond acceptors (Lipinski definition) is 5. The molecule has 0 fully saturated rings. The SMILES string of the molecule is O=CO/C=C/c1cccc(-c2cnc3[nH]cc(C(=O)c4cccc(OC(F)(F)F)c4)c3c2)c1. The Kier molecular flexibility index (Phi) is 5.95. The first-order chi connectivity index (χ1) is 15.8. The van der Waals surface area contributed by atoms with E-state index in [1.54, 1.807) is 18.3 Å². The minimum atomic E-state index is -4.86. The zero-order valence-corrected chi connectivity index (χ0v) is 16.8. The number of aromatic nitrogens is 2. The van der Waals surface area contributed by atoms with Gasteiger partial charge in [0.2, 0.25) is 0 Å². The maximum absolute atomic E-state index is 13.1. The van der Waals surface area contributed by atoms with Gasteiger partial charge >= 0.3 is 6.36 Å². The Labute approximate surface area is 185 Å². The molecule has 0 radical (unpaired) electrons. The van der Waals surface area contributed by atoms with E-state index in [4.69, 9.17) is 0 Å². The van der Waals surface area contributed by atoms with Gasteiger partial charge in [-0.05, 0) is 41.5 Å². The zero-order chi connectivity index (χ0) is 23.4. The van der Waals surface area contributed by atoms with Crippen molar-refractivity contribution < 1.29 is 32.2 Å². The van der Waals surface area contributed by atoms with Crippen molar-refractivity contribution in [1.82, 2.24) is 9.97 Å². The number of H-pyrrole nitrogens is 1. The molecule has 0 saturated carbocycles. The van der Waals surface area contributed by atoms with Crippen molar-refractivity contribution in [3.05, 3.63) is 89.9 Å². The number of benzene rings is 2. The Morgan fingerprint density at radius 3 is 2.64 bits per heavy atom. The number of carbonyl (C=O) groups is 2. The number of alkyl halides is 3. The van der Waals surface area contributed by atoms with E-state index in [0.717, 1.165) is 28.8 Å². The highest BCUT2D eigenvalue weighted by Gasteiger charge is 2.31. The van der Waals surface area contributed by atoms with Gasteiger partial charge in [-0.3, -0.25) is 9.59 Å². The van der Waals surface area contributed by atoms with Gasteiger partial charge in [0.05, 0.1) is 6.26 Å². The summed E-state index contributed by atoms with van der Waals surface area (Å²) in [5, 5.41) is 0.518. The van der Waals surface area contributed by atoms with Crippen LogP contribution in [0, 0.1) is 0 Å². The second-order valence-electron chi connectivity index (χ2n) is 6.89. The van der Waals surface area contributed by atoms with Gasteiger partial charge in [0, 0.05) is 34.5 Å². The van der Waals surface area contributed by atoms with Crippen LogP contribution in [0.5, 0.6) is 5.75 Å². The standard InChI is InChI=1S/C24H15F3N2O4/c25-24(26,27)33-19-6-2-5-17(10-19)22(31)21-13-29-23-20(21)11-18(12-28-23)16-4-1-3-15(9-16)7-8-32-14-30/h1-14H,(H,28,29)/b8-7+. The largest absolute Gasteiger partial charge is 0.573 e. The van der Waals surface area contributed by atoms with Crippen molar-refractivity contribution >= 4 is 29.4 Å². The van der Waals surface area contributed by atoms with Gasteiger partial charge in [0.25, 0.3) is 6.47 Å². The molecular formula is C24H15F3N2O4. The van der Waals surface area contributed by atoms with Gasteiger partial charge in [-0.25, -0.2) is 4.98 Å². The first-order valence-electron chi connectivity index (χ1n) is 9.58. The molecule has 33 heavy (non-hydrogen) atoms. The molecule has 0 aliphatic heterocycles. The van der Waals surface area contributed by atoms with Crippen LogP contribution in [-0.4, -0.2) is 28.6 Å². The number of aromatic amines is 1. The van der Waals surface area contributed by atoms with E-state index < -0.39 is 17.9 Å². The third-order valence-electron chi connectivity index (χ3n) is 4.72. The summed E-state index contributed by atoms with van der Waals surface area (Å²) >= 11 is 0. The van der Waals surface area contributed by atoms with Crippen LogP contribution in [-0.2, 0) is 9.53 Å². The fourth-order valence-electron chi connectivity index (χ4n) is 3.31. The molecule has 4 aromatic rings. The summed E-state index contributed by atoms with van der Waals surface area (Å²) in [5.74, 6) is -0.953. The molecule has 166 valence electrons. The fraction of sp³-hybridized carbons (Fsp3) is 0.0417. The molecule has 4 rings (SSSR count).